The summed E-state index contributed by atoms with van der Waals surface area (Å²) >= 11 is 0. The van der Waals surface area contributed by atoms with E-state index < -0.39 is 5.54 Å². The number of aromatic nitrogens is 2. The lowest BCUT2D eigenvalue weighted by molar-refractivity contribution is 0.291. The Kier molecular flexibility index (Phi) is 2.75. The van der Waals surface area contributed by atoms with Gasteiger partial charge in [-0.15, -0.1) is 0 Å². The first-order valence-electron chi connectivity index (χ1n) is 5.32. The molecule has 0 spiro atoms. The van der Waals surface area contributed by atoms with Crippen molar-refractivity contribution in [2.45, 2.75) is 25.8 Å². The summed E-state index contributed by atoms with van der Waals surface area (Å²) in [5, 5.41) is 3.93. The van der Waals surface area contributed by atoms with Gasteiger partial charge in [-0.2, -0.15) is 4.98 Å². The fraction of sp³-hybridized carbons (Fsp3) is 0.333. The molecule has 0 aliphatic heterocycles. The Labute approximate surface area is 94.5 Å². The fourth-order valence-electron chi connectivity index (χ4n) is 1.31. The molecular formula is C12H15N3O. The standard InChI is InChI=1S/C12H15N3O/c1-3-12(2,13)11-14-10(15-16-11)9-7-5-4-6-8-9/h4-8H,3,13H2,1-2H3. The number of nitrogens with zero attached hydrogens (tertiary/aromatic N) is 2. The summed E-state index contributed by atoms with van der Waals surface area (Å²) in [5.41, 5.74) is 6.41. The minimum atomic E-state index is -0.556. The van der Waals surface area contributed by atoms with E-state index in [1.54, 1.807) is 0 Å². The van der Waals surface area contributed by atoms with Crippen molar-refractivity contribution >= 4 is 0 Å². The number of rotatable bonds is 3. The van der Waals surface area contributed by atoms with Crippen molar-refractivity contribution in [2.24, 2.45) is 5.73 Å². The van der Waals surface area contributed by atoms with Crippen LogP contribution in [-0.2, 0) is 5.54 Å². The molecule has 4 nitrogen and oxygen atoms in total. The van der Waals surface area contributed by atoms with E-state index in [1.165, 1.54) is 0 Å². The second-order valence-electron chi connectivity index (χ2n) is 4.06. The van der Waals surface area contributed by atoms with E-state index in [9.17, 15) is 0 Å². The van der Waals surface area contributed by atoms with E-state index in [4.69, 9.17) is 10.3 Å². The first-order valence-corrected chi connectivity index (χ1v) is 5.32. The molecule has 0 aliphatic rings. The Morgan fingerprint density at radius 2 is 2.00 bits per heavy atom. The molecule has 0 fully saturated rings. The van der Waals surface area contributed by atoms with Gasteiger partial charge in [-0.25, -0.2) is 0 Å². The number of nitrogens with two attached hydrogens (primary N) is 1. The zero-order valence-corrected chi connectivity index (χ0v) is 9.47. The van der Waals surface area contributed by atoms with Crippen LogP contribution in [0.5, 0.6) is 0 Å². The molecule has 1 aromatic heterocycles. The van der Waals surface area contributed by atoms with Crippen LogP contribution in [-0.4, -0.2) is 10.1 Å². The van der Waals surface area contributed by atoms with Gasteiger partial charge < -0.3 is 10.3 Å². The topological polar surface area (TPSA) is 64.9 Å². The van der Waals surface area contributed by atoms with Crippen LogP contribution in [0.15, 0.2) is 34.9 Å². The Morgan fingerprint density at radius 1 is 1.31 bits per heavy atom. The predicted octanol–water partition coefficient (Wildman–Crippen LogP) is 2.32. The summed E-state index contributed by atoms with van der Waals surface area (Å²) in [6.45, 7) is 3.88. The molecule has 84 valence electrons. The lowest BCUT2D eigenvalue weighted by Crippen LogP contribution is -2.32. The molecular weight excluding hydrogens is 202 g/mol. The molecule has 2 rings (SSSR count). The normalized spacial score (nSPS) is 14.7. The van der Waals surface area contributed by atoms with Crippen LogP contribution in [0.4, 0.5) is 0 Å². The van der Waals surface area contributed by atoms with Gasteiger partial charge in [-0.1, -0.05) is 42.4 Å². The molecule has 0 bridgehead atoms. The lowest BCUT2D eigenvalue weighted by Gasteiger charge is -2.16. The minimum Gasteiger partial charge on any atom is -0.337 e. The molecule has 1 aromatic carbocycles. The van der Waals surface area contributed by atoms with Gasteiger partial charge >= 0.3 is 0 Å². The molecule has 1 unspecified atom stereocenters. The summed E-state index contributed by atoms with van der Waals surface area (Å²) < 4.78 is 5.19. The van der Waals surface area contributed by atoms with E-state index in [2.05, 4.69) is 10.1 Å². The Bertz CT molecular complexity index is 462. The van der Waals surface area contributed by atoms with Crippen LogP contribution < -0.4 is 5.73 Å². The van der Waals surface area contributed by atoms with Crippen LogP contribution >= 0.6 is 0 Å². The zero-order chi connectivity index (χ0) is 11.6. The maximum atomic E-state index is 6.03. The average molecular weight is 217 g/mol. The maximum absolute atomic E-state index is 6.03. The van der Waals surface area contributed by atoms with Gasteiger partial charge in [0.2, 0.25) is 11.7 Å². The van der Waals surface area contributed by atoms with Crippen molar-refractivity contribution in [3.8, 4) is 11.4 Å². The van der Waals surface area contributed by atoms with Gasteiger partial charge in [0.1, 0.15) is 0 Å². The summed E-state index contributed by atoms with van der Waals surface area (Å²) in [4.78, 5) is 4.32. The predicted molar refractivity (Wildman–Crippen MR) is 61.6 cm³/mol. The highest BCUT2D eigenvalue weighted by molar-refractivity contribution is 5.53. The monoisotopic (exact) mass is 217 g/mol. The van der Waals surface area contributed by atoms with Crippen molar-refractivity contribution < 1.29 is 4.52 Å². The van der Waals surface area contributed by atoms with Gasteiger partial charge in [0.25, 0.3) is 0 Å². The van der Waals surface area contributed by atoms with Crippen molar-refractivity contribution in [2.75, 3.05) is 0 Å². The van der Waals surface area contributed by atoms with Crippen LogP contribution in [0.2, 0.25) is 0 Å². The van der Waals surface area contributed by atoms with Crippen molar-refractivity contribution in [1.29, 1.82) is 0 Å². The van der Waals surface area contributed by atoms with E-state index >= 15 is 0 Å². The molecule has 2 N–H and O–H groups in total. The van der Waals surface area contributed by atoms with Crippen LogP contribution in [0.3, 0.4) is 0 Å². The molecule has 0 radical (unpaired) electrons. The molecule has 0 aliphatic carbocycles. The van der Waals surface area contributed by atoms with Gasteiger partial charge in [-0.3, -0.25) is 0 Å². The maximum Gasteiger partial charge on any atom is 0.246 e. The van der Waals surface area contributed by atoms with Gasteiger partial charge in [0, 0.05) is 5.56 Å². The van der Waals surface area contributed by atoms with E-state index in [-0.39, 0.29) is 0 Å². The number of hydrogen-bond acceptors (Lipinski definition) is 4. The van der Waals surface area contributed by atoms with Crippen LogP contribution in [0, 0.1) is 0 Å². The molecule has 16 heavy (non-hydrogen) atoms. The van der Waals surface area contributed by atoms with E-state index in [1.807, 2.05) is 44.2 Å². The number of benzene rings is 1. The highest BCUT2D eigenvalue weighted by Crippen LogP contribution is 2.22. The van der Waals surface area contributed by atoms with E-state index in [0.29, 0.717) is 11.7 Å². The van der Waals surface area contributed by atoms with Gasteiger partial charge in [0.15, 0.2) is 0 Å². The second kappa shape index (κ2) is 4.06. The Balaban J connectivity index is 2.34. The third-order valence-corrected chi connectivity index (χ3v) is 2.68. The van der Waals surface area contributed by atoms with Gasteiger partial charge in [-0.05, 0) is 13.3 Å². The lowest BCUT2D eigenvalue weighted by atomic mass is 10.0. The minimum absolute atomic E-state index is 0.480. The summed E-state index contributed by atoms with van der Waals surface area (Å²) in [5.74, 6) is 1.06. The molecule has 0 saturated heterocycles. The van der Waals surface area contributed by atoms with Gasteiger partial charge in [0.05, 0.1) is 5.54 Å². The first-order chi connectivity index (χ1) is 7.63. The van der Waals surface area contributed by atoms with Crippen LogP contribution in [0.25, 0.3) is 11.4 Å². The quantitative estimate of drug-likeness (QED) is 0.856. The smallest absolute Gasteiger partial charge is 0.246 e. The highest BCUT2D eigenvalue weighted by Gasteiger charge is 2.26. The largest absolute Gasteiger partial charge is 0.337 e. The average Bonchev–Trinajstić information content (AvgIpc) is 2.80. The highest BCUT2D eigenvalue weighted by atomic mass is 16.5. The second-order valence-corrected chi connectivity index (χ2v) is 4.06. The summed E-state index contributed by atoms with van der Waals surface area (Å²) in [6, 6.07) is 9.70. The molecule has 0 amide bonds. The molecule has 2 aromatic rings. The molecule has 1 atom stereocenters. The van der Waals surface area contributed by atoms with Crippen molar-refractivity contribution in [1.82, 2.24) is 10.1 Å². The molecule has 4 heteroatoms. The zero-order valence-electron chi connectivity index (χ0n) is 9.47. The Morgan fingerprint density at radius 3 is 2.62 bits per heavy atom. The van der Waals surface area contributed by atoms with Crippen molar-refractivity contribution in [3.05, 3.63) is 36.2 Å². The van der Waals surface area contributed by atoms with Crippen molar-refractivity contribution in [3.63, 3.8) is 0 Å². The third-order valence-electron chi connectivity index (χ3n) is 2.68. The number of hydrogen-bond donors (Lipinski definition) is 1. The van der Waals surface area contributed by atoms with Crippen LogP contribution in [0.1, 0.15) is 26.2 Å². The molecule has 0 saturated carbocycles. The summed E-state index contributed by atoms with van der Waals surface area (Å²) in [6.07, 6.45) is 0.753. The van der Waals surface area contributed by atoms with E-state index in [0.717, 1.165) is 12.0 Å². The third kappa shape index (κ3) is 1.97. The summed E-state index contributed by atoms with van der Waals surface area (Å²) in [7, 11) is 0. The SMILES string of the molecule is CCC(C)(N)c1nc(-c2ccccc2)no1. The fourth-order valence-corrected chi connectivity index (χ4v) is 1.31. The molecule has 1 heterocycles. The Hall–Kier alpha value is -1.68. The first kappa shape index (κ1) is 10.8.